The lowest BCUT2D eigenvalue weighted by Gasteiger charge is -1.93. The normalized spacial score (nSPS) is 10.8. The predicted octanol–water partition coefficient (Wildman–Crippen LogP) is 0.500. The van der Waals surface area contributed by atoms with Crippen molar-refractivity contribution in [3.8, 4) is 6.07 Å². The first kappa shape index (κ1) is 9.99. The summed E-state index contributed by atoms with van der Waals surface area (Å²) in [6.07, 6.45) is 4.68. The average molecular weight is 191 g/mol. The maximum Gasteiger partial charge on any atom is 0.348 e. The van der Waals surface area contributed by atoms with E-state index in [2.05, 4.69) is 9.84 Å². The van der Waals surface area contributed by atoms with Gasteiger partial charge in [-0.1, -0.05) is 0 Å². The van der Waals surface area contributed by atoms with Gasteiger partial charge in [-0.25, -0.2) is 4.79 Å². The molecule has 0 N–H and O–H groups in total. The van der Waals surface area contributed by atoms with Crippen molar-refractivity contribution in [3.05, 3.63) is 23.5 Å². The van der Waals surface area contributed by atoms with Crippen LogP contribution in [0.25, 0.3) is 6.08 Å². The average Bonchev–Trinajstić information content (AvgIpc) is 2.59. The fourth-order valence-electron chi connectivity index (χ4n) is 0.928. The molecule has 1 heterocycles. The van der Waals surface area contributed by atoms with Crippen molar-refractivity contribution >= 4 is 12.0 Å². The van der Waals surface area contributed by atoms with Gasteiger partial charge in [0.2, 0.25) is 0 Å². The molecule has 0 spiro atoms. The number of methoxy groups -OCH3 is 1. The van der Waals surface area contributed by atoms with Gasteiger partial charge in [-0.15, -0.1) is 0 Å². The quantitative estimate of drug-likeness (QED) is 0.388. The summed E-state index contributed by atoms with van der Waals surface area (Å²) in [5.74, 6) is -0.642. The minimum absolute atomic E-state index is 0.0412. The summed E-state index contributed by atoms with van der Waals surface area (Å²) in [6.45, 7) is 0. The van der Waals surface area contributed by atoms with Gasteiger partial charge in [0.15, 0.2) is 0 Å². The molecule has 0 fully saturated rings. The summed E-state index contributed by atoms with van der Waals surface area (Å²) in [7, 11) is 2.98. The first-order valence-corrected chi connectivity index (χ1v) is 3.86. The van der Waals surface area contributed by atoms with Gasteiger partial charge in [-0.3, -0.25) is 4.68 Å². The van der Waals surface area contributed by atoms with Crippen LogP contribution in [-0.4, -0.2) is 22.9 Å². The number of carbonyl (C=O) groups is 1. The first-order valence-electron chi connectivity index (χ1n) is 3.86. The lowest BCUT2D eigenvalue weighted by molar-refractivity contribution is -0.135. The van der Waals surface area contributed by atoms with Crippen LogP contribution in [0.15, 0.2) is 18.0 Å². The molecule has 1 aromatic rings. The number of ether oxygens (including phenoxy) is 1. The Morgan fingerprint density at radius 2 is 2.50 bits per heavy atom. The lowest BCUT2D eigenvalue weighted by atomic mass is 10.2. The Kier molecular flexibility index (Phi) is 3.02. The van der Waals surface area contributed by atoms with E-state index in [9.17, 15) is 4.79 Å². The van der Waals surface area contributed by atoms with Gasteiger partial charge in [-0.2, -0.15) is 10.4 Å². The van der Waals surface area contributed by atoms with Crippen molar-refractivity contribution in [1.82, 2.24) is 9.78 Å². The van der Waals surface area contributed by atoms with E-state index < -0.39 is 5.97 Å². The molecule has 0 bridgehead atoms. The first-order chi connectivity index (χ1) is 6.67. The maximum absolute atomic E-state index is 11.0. The van der Waals surface area contributed by atoms with E-state index in [4.69, 9.17) is 5.26 Å². The number of hydrogen-bond donors (Lipinski definition) is 0. The molecule has 0 amide bonds. The fraction of sp³-hybridized carbons (Fsp3) is 0.222. The van der Waals surface area contributed by atoms with Gasteiger partial charge in [0.1, 0.15) is 11.6 Å². The van der Waals surface area contributed by atoms with Crippen LogP contribution >= 0.6 is 0 Å². The Morgan fingerprint density at radius 3 is 2.93 bits per heavy atom. The number of aromatic nitrogens is 2. The highest BCUT2D eigenvalue weighted by Crippen LogP contribution is 2.05. The summed E-state index contributed by atoms with van der Waals surface area (Å²) < 4.78 is 6.01. The molecule has 1 rings (SSSR count). The van der Waals surface area contributed by atoms with Crippen LogP contribution in [0.2, 0.25) is 0 Å². The monoisotopic (exact) mass is 191 g/mol. The van der Waals surface area contributed by atoms with Crippen LogP contribution in [0.1, 0.15) is 5.56 Å². The number of aryl methyl sites for hydroxylation is 1. The summed E-state index contributed by atoms with van der Waals surface area (Å²) in [6, 6.07) is 1.76. The molecule has 0 saturated heterocycles. The Bertz CT molecular complexity index is 412. The lowest BCUT2D eigenvalue weighted by Crippen LogP contribution is -2.02. The number of nitriles is 1. The van der Waals surface area contributed by atoms with Gasteiger partial charge in [0.05, 0.1) is 13.3 Å². The second-order valence-corrected chi connectivity index (χ2v) is 2.61. The molecule has 0 unspecified atom stereocenters. The van der Waals surface area contributed by atoms with E-state index in [1.54, 1.807) is 30.2 Å². The highest BCUT2D eigenvalue weighted by Gasteiger charge is 2.08. The molecule has 1 aromatic heterocycles. The molecule has 5 heteroatoms. The molecule has 0 aromatic carbocycles. The van der Waals surface area contributed by atoms with Gasteiger partial charge in [0, 0.05) is 18.8 Å². The zero-order chi connectivity index (χ0) is 10.6. The van der Waals surface area contributed by atoms with Gasteiger partial charge in [-0.05, 0) is 6.08 Å². The molecule has 0 saturated carbocycles. The molecular formula is C9H9N3O2. The number of esters is 1. The van der Waals surface area contributed by atoms with E-state index in [1.165, 1.54) is 13.2 Å². The number of hydrogen-bond acceptors (Lipinski definition) is 4. The number of rotatable bonds is 2. The molecule has 5 nitrogen and oxygen atoms in total. The van der Waals surface area contributed by atoms with Crippen LogP contribution in [0.4, 0.5) is 0 Å². The minimum Gasteiger partial charge on any atom is -0.465 e. The van der Waals surface area contributed by atoms with E-state index >= 15 is 0 Å². The third kappa shape index (κ3) is 2.20. The number of carbonyl (C=O) groups excluding carboxylic acids is 1. The van der Waals surface area contributed by atoms with Crippen LogP contribution in [0.3, 0.4) is 0 Å². The predicted molar refractivity (Wildman–Crippen MR) is 48.8 cm³/mol. The largest absolute Gasteiger partial charge is 0.465 e. The van der Waals surface area contributed by atoms with Crippen molar-refractivity contribution in [2.75, 3.05) is 7.11 Å². The molecule has 0 aliphatic heterocycles. The minimum atomic E-state index is -0.642. The zero-order valence-corrected chi connectivity index (χ0v) is 7.89. The standard InChI is InChI=1S/C9H9N3O2/c1-12-6-7(5-11-12)3-8(4-10)9(13)14-2/h3,5-6H,1-2H3/b8-3+. The smallest absolute Gasteiger partial charge is 0.348 e. The third-order valence-corrected chi connectivity index (χ3v) is 1.56. The molecule has 72 valence electrons. The van der Waals surface area contributed by atoms with E-state index in [0.717, 1.165) is 0 Å². The molecule has 0 aliphatic rings. The molecule has 0 atom stereocenters. The zero-order valence-electron chi connectivity index (χ0n) is 7.89. The summed E-state index contributed by atoms with van der Waals surface area (Å²) in [5.41, 5.74) is 0.648. The van der Waals surface area contributed by atoms with Crippen LogP contribution in [0.5, 0.6) is 0 Å². The molecular weight excluding hydrogens is 182 g/mol. The van der Waals surface area contributed by atoms with Crippen molar-refractivity contribution in [1.29, 1.82) is 5.26 Å². The summed E-state index contributed by atoms with van der Waals surface area (Å²) in [4.78, 5) is 11.0. The topological polar surface area (TPSA) is 67.9 Å². The molecule has 0 aliphatic carbocycles. The Morgan fingerprint density at radius 1 is 1.79 bits per heavy atom. The second kappa shape index (κ2) is 4.23. The van der Waals surface area contributed by atoms with E-state index in [1.807, 2.05) is 0 Å². The Balaban J connectivity index is 2.96. The maximum atomic E-state index is 11.0. The van der Waals surface area contributed by atoms with Crippen LogP contribution in [0, 0.1) is 11.3 Å². The fourth-order valence-corrected chi connectivity index (χ4v) is 0.928. The highest BCUT2D eigenvalue weighted by atomic mass is 16.5. The Labute approximate surface area is 81.2 Å². The summed E-state index contributed by atoms with van der Waals surface area (Å²) in [5, 5.41) is 12.5. The second-order valence-electron chi connectivity index (χ2n) is 2.61. The molecule has 0 radical (unpaired) electrons. The van der Waals surface area contributed by atoms with Crippen molar-refractivity contribution in [3.63, 3.8) is 0 Å². The Hall–Kier alpha value is -2.09. The summed E-state index contributed by atoms with van der Waals surface area (Å²) >= 11 is 0. The van der Waals surface area contributed by atoms with Crippen LogP contribution < -0.4 is 0 Å². The van der Waals surface area contributed by atoms with Crippen LogP contribution in [-0.2, 0) is 16.6 Å². The van der Waals surface area contributed by atoms with Crippen molar-refractivity contribution in [2.45, 2.75) is 0 Å². The number of nitrogens with zero attached hydrogens (tertiary/aromatic N) is 3. The van der Waals surface area contributed by atoms with Gasteiger partial charge in [0.25, 0.3) is 0 Å². The van der Waals surface area contributed by atoms with Crippen molar-refractivity contribution in [2.24, 2.45) is 7.05 Å². The van der Waals surface area contributed by atoms with Gasteiger partial charge < -0.3 is 4.74 Å². The SMILES string of the molecule is COC(=O)/C(C#N)=C/c1cnn(C)c1. The van der Waals surface area contributed by atoms with Gasteiger partial charge >= 0.3 is 5.97 Å². The van der Waals surface area contributed by atoms with E-state index in [0.29, 0.717) is 5.56 Å². The third-order valence-electron chi connectivity index (χ3n) is 1.56. The highest BCUT2D eigenvalue weighted by molar-refractivity contribution is 5.97. The van der Waals surface area contributed by atoms with Crippen molar-refractivity contribution < 1.29 is 9.53 Å². The van der Waals surface area contributed by atoms with E-state index in [-0.39, 0.29) is 5.57 Å². The molecule has 14 heavy (non-hydrogen) atoms.